The highest BCUT2D eigenvalue weighted by molar-refractivity contribution is 7.80. The predicted molar refractivity (Wildman–Crippen MR) is 131 cm³/mol. The molecule has 0 spiro atoms. The van der Waals surface area contributed by atoms with E-state index in [-0.39, 0.29) is 0 Å². The Hall–Kier alpha value is -2.48. The van der Waals surface area contributed by atoms with Crippen LogP contribution in [0, 0.1) is 11.8 Å². The number of rotatable bonds is 5. The van der Waals surface area contributed by atoms with Crippen molar-refractivity contribution in [3.63, 3.8) is 0 Å². The summed E-state index contributed by atoms with van der Waals surface area (Å²) in [4.78, 5) is 18.6. The molecule has 31 heavy (non-hydrogen) atoms. The molecular weight excluding hydrogens is 406 g/mol. The smallest absolute Gasteiger partial charge is 0.232 e. The van der Waals surface area contributed by atoms with Crippen LogP contribution in [0.4, 0.5) is 17.6 Å². The fourth-order valence-electron chi connectivity index (χ4n) is 4.43. The molecule has 2 fully saturated rings. The van der Waals surface area contributed by atoms with Gasteiger partial charge in [-0.05, 0) is 61.4 Å². The van der Waals surface area contributed by atoms with Gasteiger partial charge in [0.1, 0.15) is 11.6 Å². The van der Waals surface area contributed by atoms with Gasteiger partial charge in [-0.2, -0.15) is 9.97 Å². The van der Waals surface area contributed by atoms with Gasteiger partial charge in [0, 0.05) is 51.2 Å². The SMILES string of the molecule is C[C@@H]1CCCN(c2cc(N3CCC[C@H](C)C3)nc(NC(=S)NCc3cccnc3)n2)C1. The van der Waals surface area contributed by atoms with Gasteiger partial charge in [0.25, 0.3) is 0 Å². The van der Waals surface area contributed by atoms with Crippen molar-refractivity contribution in [1.29, 1.82) is 0 Å². The van der Waals surface area contributed by atoms with Crippen LogP contribution in [-0.2, 0) is 6.54 Å². The lowest BCUT2D eigenvalue weighted by molar-refractivity contribution is 0.441. The van der Waals surface area contributed by atoms with Crippen LogP contribution in [0.3, 0.4) is 0 Å². The highest BCUT2D eigenvalue weighted by Gasteiger charge is 2.23. The maximum atomic E-state index is 5.52. The first-order chi connectivity index (χ1) is 15.1. The van der Waals surface area contributed by atoms with Crippen LogP contribution in [0.2, 0.25) is 0 Å². The molecule has 2 aromatic rings. The number of anilines is 3. The molecule has 2 aliphatic rings. The highest BCUT2D eigenvalue weighted by atomic mass is 32.1. The average molecular weight is 440 g/mol. The van der Waals surface area contributed by atoms with E-state index >= 15 is 0 Å². The Morgan fingerprint density at radius 1 is 1.06 bits per heavy atom. The minimum atomic E-state index is 0.519. The number of aromatic nitrogens is 3. The highest BCUT2D eigenvalue weighted by Crippen LogP contribution is 2.28. The molecule has 0 aromatic carbocycles. The molecule has 4 rings (SSSR count). The zero-order chi connectivity index (χ0) is 21.6. The molecule has 166 valence electrons. The van der Waals surface area contributed by atoms with Gasteiger partial charge in [-0.15, -0.1) is 0 Å². The first-order valence-corrected chi connectivity index (χ1v) is 11.8. The first kappa shape index (κ1) is 21.7. The Morgan fingerprint density at radius 2 is 1.71 bits per heavy atom. The molecular formula is C23H33N7S. The number of thiocarbonyl (C=S) groups is 1. The van der Waals surface area contributed by atoms with E-state index in [4.69, 9.17) is 22.2 Å². The van der Waals surface area contributed by atoms with E-state index in [9.17, 15) is 0 Å². The third-order valence-corrected chi connectivity index (χ3v) is 6.31. The van der Waals surface area contributed by atoms with Crippen molar-refractivity contribution >= 4 is 34.9 Å². The molecule has 2 saturated heterocycles. The van der Waals surface area contributed by atoms with Crippen molar-refractivity contribution in [1.82, 2.24) is 20.3 Å². The van der Waals surface area contributed by atoms with Crippen LogP contribution in [0.5, 0.6) is 0 Å². The summed E-state index contributed by atoms with van der Waals surface area (Å²) in [6.45, 7) is 9.40. The fourth-order valence-corrected chi connectivity index (χ4v) is 4.59. The van der Waals surface area contributed by atoms with Crippen molar-refractivity contribution < 1.29 is 0 Å². The van der Waals surface area contributed by atoms with E-state index in [2.05, 4.69) is 45.3 Å². The summed E-state index contributed by atoms with van der Waals surface area (Å²) in [5.41, 5.74) is 1.08. The Morgan fingerprint density at radius 3 is 2.26 bits per heavy atom. The predicted octanol–water partition coefficient (Wildman–Crippen LogP) is 3.83. The van der Waals surface area contributed by atoms with Gasteiger partial charge in [0.15, 0.2) is 5.11 Å². The summed E-state index contributed by atoms with van der Waals surface area (Å²) in [5.74, 6) is 3.91. The quantitative estimate of drug-likeness (QED) is 0.682. The molecule has 0 unspecified atom stereocenters. The largest absolute Gasteiger partial charge is 0.358 e. The third-order valence-electron chi connectivity index (χ3n) is 6.06. The zero-order valence-corrected chi connectivity index (χ0v) is 19.4. The molecule has 0 saturated carbocycles. The third kappa shape index (κ3) is 6.03. The lowest BCUT2D eigenvalue weighted by Crippen LogP contribution is -2.37. The molecule has 0 amide bonds. The van der Waals surface area contributed by atoms with E-state index in [0.29, 0.717) is 29.4 Å². The van der Waals surface area contributed by atoms with Gasteiger partial charge in [-0.1, -0.05) is 19.9 Å². The molecule has 2 atom stereocenters. The van der Waals surface area contributed by atoms with Gasteiger partial charge >= 0.3 is 0 Å². The summed E-state index contributed by atoms with van der Waals surface area (Å²) in [6, 6.07) is 6.10. The van der Waals surface area contributed by atoms with Gasteiger partial charge in [-0.3, -0.25) is 4.98 Å². The maximum Gasteiger partial charge on any atom is 0.232 e. The van der Waals surface area contributed by atoms with Gasteiger partial charge in [0.05, 0.1) is 0 Å². The molecule has 0 radical (unpaired) electrons. The Balaban J connectivity index is 1.51. The standard InChI is InChI=1S/C23H33N7S/c1-17-6-4-10-29(15-17)20-12-21(30-11-5-7-18(2)16-30)27-22(26-20)28-23(31)25-14-19-8-3-9-24-13-19/h3,8-9,12-13,17-18H,4-7,10-11,14-16H2,1-2H3,(H2,25,26,27,28,31)/t17-,18+. The van der Waals surface area contributed by atoms with E-state index in [0.717, 1.165) is 43.4 Å². The lowest BCUT2D eigenvalue weighted by atomic mass is 10.00. The van der Waals surface area contributed by atoms with Crippen LogP contribution in [0.15, 0.2) is 30.6 Å². The molecule has 0 bridgehead atoms. The summed E-state index contributed by atoms with van der Waals surface area (Å²) in [7, 11) is 0. The summed E-state index contributed by atoms with van der Waals surface area (Å²) >= 11 is 5.52. The van der Waals surface area contributed by atoms with Gasteiger partial charge < -0.3 is 20.4 Å². The van der Waals surface area contributed by atoms with Crippen molar-refractivity contribution in [2.75, 3.05) is 41.3 Å². The Labute approximate surface area is 190 Å². The second-order valence-corrected chi connectivity index (χ2v) is 9.37. The van der Waals surface area contributed by atoms with Crippen LogP contribution in [0.25, 0.3) is 0 Å². The Bertz CT molecular complexity index is 835. The molecule has 2 aromatic heterocycles. The summed E-state index contributed by atoms with van der Waals surface area (Å²) in [5, 5.41) is 6.97. The van der Waals surface area contributed by atoms with E-state index in [1.54, 1.807) is 6.20 Å². The monoisotopic (exact) mass is 439 g/mol. The van der Waals surface area contributed by atoms with Crippen LogP contribution in [-0.4, -0.2) is 46.2 Å². The fraction of sp³-hybridized carbons (Fsp3) is 0.565. The number of hydrogen-bond acceptors (Lipinski definition) is 6. The second kappa shape index (κ2) is 10.2. The lowest BCUT2D eigenvalue weighted by Gasteiger charge is -2.35. The van der Waals surface area contributed by atoms with Crippen LogP contribution < -0.4 is 20.4 Å². The number of nitrogens with zero attached hydrogens (tertiary/aromatic N) is 5. The number of pyridine rings is 1. The number of hydrogen-bond donors (Lipinski definition) is 2. The van der Waals surface area contributed by atoms with Gasteiger partial charge in [-0.25, -0.2) is 0 Å². The molecule has 2 N–H and O–H groups in total. The number of nitrogens with one attached hydrogen (secondary N) is 2. The van der Waals surface area contributed by atoms with Gasteiger partial charge in [0.2, 0.25) is 5.95 Å². The molecule has 0 aliphatic carbocycles. The zero-order valence-electron chi connectivity index (χ0n) is 18.5. The van der Waals surface area contributed by atoms with Crippen molar-refractivity contribution in [3.8, 4) is 0 Å². The molecule has 8 heteroatoms. The summed E-state index contributed by atoms with van der Waals surface area (Å²) < 4.78 is 0. The topological polar surface area (TPSA) is 69.2 Å². The molecule has 7 nitrogen and oxygen atoms in total. The normalized spacial score (nSPS) is 21.6. The molecule has 4 heterocycles. The van der Waals surface area contributed by atoms with E-state index < -0.39 is 0 Å². The maximum absolute atomic E-state index is 5.52. The van der Waals surface area contributed by atoms with E-state index in [1.165, 1.54) is 25.7 Å². The van der Waals surface area contributed by atoms with E-state index in [1.807, 2.05) is 18.3 Å². The first-order valence-electron chi connectivity index (χ1n) is 11.4. The van der Waals surface area contributed by atoms with Crippen LogP contribution in [0.1, 0.15) is 45.1 Å². The van der Waals surface area contributed by atoms with Crippen molar-refractivity contribution in [2.24, 2.45) is 11.8 Å². The minimum Gasteiger partial charge on any atom is -0.358 e. The second-order valence-electron chi connectivity index (χ2n) is 8.96. The van der Waals surface area contributed by atoms with Crippen molar-refractivity contribution in [3.05, 3.63) is 36.2 Å². The van der Waals surface area contributed by atoms with Crippen LogP contribution >= 0.6 is 12.2 Å². The minimum absolute atomic E-state index is 0.519. The van der Waals surface area contributed by atoms with Crippen molar-refractivity contribution in [2.45, 2.75) is 46.1 Å². The molecule has 2 aliphatic heterocycles. The Kier molecular flexibility index (Phi) is 7.17. The number of piperidine rings is 2. The summed E-state index contributed by atoms with van der Waals surface area (Å²) in [6.07, 6.45) is 8.57. The average Bonchev–Trinajstić information content (AvgIpc) is 2.78.